The predicted molar refractivity (Wildman–Crippen MR) is 78.5 cm³/mol. The highest BCUT2D eigenvalue weighted by Gasteiger charge is 2.25. The van der Waals surface area contributed by atoms with Crippen LogP contribution in [0.1, 0.15) is 35.7 Å². The third-order valence-corrected chi connectivity index (χ3v) is 3.32. The van der Waals surface area contributed by atoms with Crippen LogP contribution in [0.2, 0.25) is 0 Å². The summed E-state index contributed by atoms with van der Waals surface area (Å²) in [6.45, 7) is 6.10. The number of carbonyl (C=O) groups is 2. The Morgan fingerprint density at radius 2 is 1.95 bits per heavy atom. The van der Waals surface area contributed by atoms with Gasteiger partial charge >= 0.3 is 5.97 Å². The topological polar surface area (TPSA) is 43.4 Å². The van der Waals surface area contributed by atoms with Crippen LogP contribution < -0.4 is 0 Å². The number of benzene rings is 1. The van der Waals surface area contributed by atoms with Gasteiger partial charge in [0.15, 0.2) is 5.78 Å². The Balaban J connectivity index is 2.26. The molecule has 0 amide bonds. The molecule has 0 fully saturated rings. The van der Waals surface area contributed by atoms with Gasteiger partial charge in [0.1, 0.15) is 7.85 Å². The Hall–Kier alpha value is -2.10. The molecule has 1 aliphatic carbocycles. The number of ketones is 1. The maximum absolute atomic E-state index is 12.2. The van der Waals surface area contributed by atoms with Gasteiger partial charge in [-0.3, -0.25) is 9.59 Å². The van der Waals surface area contributed by atoms with Crippen molar-refractivity contribution < 1.29 is 14.3 Å². The van der Waals surface area contributed by atoms with Gasteiger partial charge in [-0.25, -0.2) is 0 Å². The summed E-state index contributed by atoms with van der Waals surface area (Å²) in [5, 5.41) is 0. The second kappa shape index (κ2) is 5.91. The number of rotatable bonds is 4. The second-order valence-corrected chi connectivity index (χ2v) is 4.55. The number of hydrogen-bond donors (Lipinski definition) is 0. The lowest BCUT2D eigenvalue weighted by Gasteiger charge is -2.22. The van der Waals surface area contributed by atoms with Crippen LogP contribution in [0.4, 0.5) is 0 Å². The van der Waals surface area contributed by atoms with Crippen LogP contribution in [0.15, 0.2) is 41.9 Å². The maximum atomic E-state index is 12.2. The van der Waals surface area contributed by atoms with E-state index in [1.807, 2.05) is 12.1 Å². The molecule has 2 radical (unpaired) electrons. The lowest BCUT2D eigenvalue weighted by Crippen LogP contribution is -2.16. The normalized spacial score (nSPS) is 14.2. The van der Waals surface area contributed by atoms with E-state index in [-0.39, 0.29) is 23.6 Å². The molecule has 1 aromatic rings. The summed E-state index contributed by atoms with van der Waals surface area (Å²) in [5.74, 6) is -0.501. The molecule has 0 bridgehead atoms. The van der Waals surface area contributed by atoms with Crippen molar-refractivity contribution in [3.05, 3.63) is 53.0 Å². The Bertz CT molecular complexity index is 614. The lowest BCUT2D eigenvalue weighted by molar-refractivity contribution is -0.143. The molecule has 0 unspecified atom stereocenters. The zero-order valence-corrected chi connectivity index (χ0v) is 11.4. The van der Waals surface area contributed by atoms with Gasteiger partial charge in [0.25, 0.3) is 0 Å². The Morgan fingerprint density at radius 3 is 2.60 bits per heavy atom. The molecule has 0 aromatic heterocycles. The fourth-order valence-corrected chi connectivity index (χ4v) is 2.30. The van der Waals surface area contributed by atoms with Crippen LogP contribution in [0.3, 0.4) is 0 Å². The van der Waals surface area contributed by atoms with Crippen LogP contribution in [-0.2, 0) is 9.53 Å². The van der Waals surface area contributed by atoms with E-state index in [2.05, 4.69) is 6.58 Å². The maximum Gasteiger partial charge on any atom is 0.306 e. The van der Waals surface area contributed by atoms with Crippen molar-refractivity contribution >= 4 is 25.2 Å². The van der Waals surface area contributed by atoms with E-state index in [0.29, 0.717) is 29.7 Å². The number of fused-ring (bicyclic) bond motifs is 1. The first-order chi connectivity index (χ1) is 9.56. The number of hydrogen-bond acceptors (Lipinski definition) is 3. The lowest BCUT2D eigenvalue weighted by atomic mass is 9.73. The van der Waals surface area contributed by atoms with Crippen molar-refractivity contribution in [3.8, 4) is 0 Å². The van der Waals surface area contributed by atoms with E-state index in [1.54, 1.807) is 19.1 Å². The fraction of sp³-hybridized carbons (Fsp3) is 0.250. The average Bonchev–Trinajstić information content (AvgIpc) is 2.45. The molecule has 0 heterocycles. The Kier molecular flexibility index (Phi) is 4.23. The van der Waals surface area contributed by atoms with Crippen LogP contribution in [0, 0.1) is 0 Å². The van der Waals surface area contributed by atoms with Crippen LogP contribution in [0.25, 0.3) is 5.57 Å². The zero-order valence-electron chi connectivity index (χ0n) is 11.4. The number of Topliss-reactive ketones (excluding diaryl/α,β-unsaturated/α-hetero) is 1. The van der Waals surface area contributed by atoms with Crippen LogP contribution >= 0.6 is 0 Å². The summed E-state index contributed by atoms with van der Waals surface area (Å²) in [7, 11) is 5.91. The molecule has 1 aliphatic rings. The molecule has 100 valence electrons. The van der Waals surface area contributed by atoms with Crippen LogP contribution in [0.5, 0.6) is 0 Å². The van der Waals surface area contributed by atoms with Gasteiger partial charge < -0.3 is 4.74 Å². The first-order valence-electron chi connectivity index (χ1n) is 6.53. The van der Waals surface area contributed by atoms with E-state index in [0.717, 1.165) is 5.56 Å². The first-order valence-corrected chi connectivity index (χ1v) is 6.53. The minimum atomic E-state index is -0.299. The van der Waals surface area contributed by atoms with E-state index in [1.165, 1.54) is 0 Å². The summed E-state index contributed by atoms with van der Waals surface area (Å²) in [6.07, 6.45) is 0.557. The molecule has 20 heavy (non-hydrogen) atoms. The second-order valence-electron chi connectivity index (χ2n) is 4.55. The van der Waals surface area contributed by atoms with Gasteiger partial charge in [-0.2, -0.15) is 0 Å². The van der Waals surface area contributed by atoms with Crippen molar-refractivity contribution in [1.29, 1.82) is 0 Å². The monoisotopic (exact) mass is 266 g/mol. The molecule has 0 spiro atoms. The fourth-order valence-electron chi connectivity index (χ4n) is 2.30. The van der Waals surface area contributed by atoms with Gasteiger partial charge in [0.05, 0.1) is 6.61 Å². The SMILES string of the molecule is [B]C1=C(CCC(=O)OCC)C(=C)c2ccccc2C1=O. The summed E-state index contributed by atoms with van der Waals surface area (Å²) in [6, 6.07) is 7.22. The van der Waals surface area contributed by atoms with Crippen molar-refractivity contribution in [3.63, 3.8) is 0 Å². The summed E-state index contributed by atoms with van der Waals surface area (Å²) < 4.78 is 4.88. The molecule has 0 aliphatic heterocycles. The number of carbonyl (C=O) groups excluding carboxylic acids is 2. The van der Waals surface area contributed by atoms with Crippen molar-refractivity contribution in [1.82, 2.24) is 0 Å². The van der Waals surface area contributed by atoms with Gasteiger partial charge in [0.2, 0.25) is 0 Å². The summed E-state index contributed by atoms with van der Waals surface area (Å²) >= 11 is 0. The molecule has 4 heteroatoms. The smallest absolute Gasteiger partial charge is 0.306 e. The standard InChI is InChI=1S/C16H15BO3/c1-3-20-14(18)9-8-12-10(2)11-6-4-5-7-13(11)16(19)15(12)17/h4-7H,2-3,8-9H2,1H3. The minimum Gasteiger partial charge on any atom is -0.466 e. The highest BCUT2D eigenvalue weighted by atomic mass is 16.5. The highest BCUT2D eigenvalue weighted by molar-refractivity contribution is 6.43. The number of esters is 1. The third-order valence-electron chi connectivity index (χ3n) is 3.32. The van der Waals surface area contributed by atoms with Crippen LogP contribution in [-0.4, -0.2) is 26.2 Å². The molecule has 0 saturated heterocycles. The Labute approximate surface area is 119 Å². The van der Waals surface area contributed by atoms with E-state index in [4.69, 9.17) is 12.6 Å². The summed E-state index contributed by atoms with van der Waals surface area (Å²) in [5.41, 5.74) is 2.88. The molecule has 0 saturated carbocycles. The number of allylic oxidation sites excluding steroid dienone is 3. The molecule has 1 aromatic carbocycles. The van der Waals surface area contributed by atoms with Crippen molar-refractivity contribution in [2.24, 2.45) is 0 Å². The van der Waals surface area contributed by atoms with Gasteiger partial charge in [-0.1, -0.05) is 30.8 Å². The Morgan fingerprint density at radius 1 is 1.30 bits per heavy atom. The molecule has 3 nitrogen and oxygen atoms in total. The molecule has 0 atom stereocenters. The largest absolute Gasteiger partial charge is 0.466 e. The van der Waals surface area contributed by atoms with E-state index < -0.39 is 0 Å². The predicted octanol–water partition coefficient (Wildman–Crippen LogP) is 2.66. The van der Waals surface area contributed by atoms with E-state index >= 15 is 0 Å². The zero-order chi connectivity index (χ0) is 14.7. The quantitative estimate of drug-likeness (QED) is 0.621. The minimum absolute atomic E-state index is 0.179. The molecular formula is C16H15BO3. The van der Waals surface area contributed by atoms with Crippen molar-refractivity contribution in [2.45, 2.75) is 19.8 Å². The van der Waals surface area contributed by atoms with Gasteiger partial charge in [0, 0.05) is 12.0 Å². The highest BCUT2D eigenvalue weighted by Crippen LogP contribution is 2.35. The van der Waals surface area contributed by atoms with Gasteiger partial charge in [-0.15, -0.1) is 0 Å². The van der Waals surface area contributed by atoms with E-state index in [9.17, 15) is 9.59 Å². The number of ether oxygens (including phenoxy) is 1. The average molecular weight is 266 g/mol. The third kappa shape index (κ3) is 2.59. The molecule has 2 rings (SSSR count). The molecular weight excluding hydrogens is 251 g/mol. The first kappa shape index (κ1) is 14.3. The van der Waals surface area contributed by atoms with Gasteiger partial charge in [-0.05, 0) is 35.5 Å². The molecule has 0 N–H and O–H groups in total. The summed E-state index contributed by atoms with van der Waals surface area (Å²) in [4.78, 5) is 23.6. The van der Waals surface area contributed by atoms with Crippen molar-refractivity contribution in [2.75, 3.05) is 6.61 Å².